The first-order chi connectivity index (χ1) is 7.09. The van der Waals surface area contributed by atoms with E-state index in [1.807, 2.05) is 0 Å². The van der Waals surface area contributed by atoms with Crippen molar-refractivity contribution in [2.75, 3.05) is 5.32 Å². The molecule has 0 atom stereocenters. The lowest BCUT2D eigenvalue weighted by molar-refractivity contribution is -0.116. The molecule has 3 N–H and O–H groups in total. The number of rotatable bonds is 4. The average Bonchev–Trinajstić information content (AvgIpc) is 2.18. The highest BCUT2D eigenvalue weighted by atomic mass is 32.1. The molecule has 15 heavy (non-hydrogen) atoms. The zero-order valence-electron chi connectivity index (χ0n) is 8.00. The maximum absolute atomic E-state index is 13.1. The minimum Gasteiger partial charge on any atom is -0.393 e. The first kappa shape index (κ1) is 11.6. The third-order valence-electron chi connectivity index (χ3n) is 1.75. The van der Waals surface area contributed by atoms with Gasteiger partial charge in [0.25, 0.3) is 0 Å². The fraction of sp³-hybridized carbons (Fsp3) is 0.200. The number of halogens is 1. The van der Waals surface area contributed by atoms with E-state index in [0.29, 0.717) is 6.42 Å². The van der Waals surface area contributed by atoms with Gasteiger partial charge in [0.2, 0.25) is 5.91 Å². The van der Waals surface area contributed by atoms with Crippen LogP contribution < -0.4 is 11.1 Å². The van der Waals surface area contributed by atoms with Gasteiger partial charge < -0.3 is 11.1 Å². The molecule has 0 aliphatic heterocycles. The molecule has 0 fully saturated rings. The second kappa shape index (κ2) is 5.41. The highest BCUT2D eigenvalue weighted by Crippen LogP contribution is 2.12. The number of nitrogens with two attached hydrogens (primary N) is 1. The van der Waals surface area contributed by atoms with Gasteiger partial charge in [-0.2, -0.15) is 0 Å². The summed E-state index contributed by atoms with van der Waals surface area (Å²) < 4.78 is 13.1. The zero-order chi connectivity index (χ0) is 11.3. The summed E-state index contributed by atoms with van der Waals surface area (Å²) in [5.41, 5.74) is 5.41. The second-order valence-electron chi connectivity index (χ2n) is 2.99. The van der Waals surface area contributed by atoms with Crippen molar-refractivity contribution >= 4 is 28.8 Å². The van der Waals surface area contributed by atoms with Crippen LogP contribution in [-0.4, -0.2) is 10.9 Å². The number of carbonyl (C=O) groups is 1. The van der Waals surface area contributed by atoms with Crippen LogP contribution in [0.25, 0.3) is 0 Å². The lowest BCUT2D eigenvalue weighted by Crippen LogP contribution is -2.16. The van der Waals surface area contributed by atoms with Gasteiger partial charge in [-0.05, 0) is 12.1 Å². The monoisotopic (exact) mass is 226 g/mol. The smallest absolute Gasteiger partial charge is 0.224 e. The third-order valence-corrected chi connectivity index (χ3v) is 1.95. The summed E-state index contributed by atoms with van der Waals surface area (Å²) in [6.07, 6.45) is 0.499. The Morgan fingerprint density at radius 1 is 1.40 bits per heavy atom. The number of nitrogens with one attached hydrogen (secondary N) is 1. The molecule has 0 heterocycles. The Labute approximate surface area is 92.5 Å². The van der Waals surface area contributed by atoms with Gasteiger partial charge in [-0.25, -0.2) is 4.39 Å². The van der Waals surface area contributed by atoms with E-state index in [0.717, 1.165) is 0 Å². The van der Waals surface area contributed by atoms with Crippen molar-refractivity contribution in [3.8, 4) is 0 Å². The van der Waals surface area contributed by atoms with Crippen LogP contribution in [0.15, 0.2) is 24.3 Å². The molecule has 0 saturated carbocycles. The van der Waals surface area contributed by atoms with Crippen LogP contribution in [0.4, 0.5) is 10.1 Å². The Bertz CT molecular complexity index is 381. The summed E-state index contributed by atoms with van der Waals surface area (Å²) in [7, 11) is 0. The lowest BCUT2D eigenvalue weighted by Gasteiger charge is -2.05. The van der Waals surface area contributed by atoms with Gasteiger partial charge in [-0.1, -0.05) is 24.4 Å². The first-order valence-electron chi connectivity index (χ1n) is 4.42. The van der Waals surface area contributed by atoms with Crippen LogP contribution in [0.5, 0.6) is 0 Å². The number of amides is 1. The molecule has 0 radical (unpaired) electrons. The summed E-state index contributed by atoms with van der Waals surface area (Å²) in [5, 5.41) is 2.44. The van der Waals surface area contributed by atoms with Gasteiger partial charge in [0.05, 0.1) is 10.7 Å². The van der Waals surface area contributed by atoms with Crippen LogP contribution in [0, 0.1) is 5.82 Å². The van der Waals surface area contributed by atoms with E-state index in [1.165, 1.54) is 12.1 Å². The van der Waals surface area contributed by atoms with Crippen molar-refractivity contribution in [2.24, 2.45) is 5.73 Å². The molecule has 5 heteroatoms. The van der Waals surface area contributed by atoms with E-state index in [-0.39, 0.29) is 23.0 Å². The Hall–Kier alpha value is -1.49. The highest BCUT2D eigenvalue weighted by Gasteiger charge is 2.06. The highest BCUT2D eigenvalue weighted by molar-refractivity contribution is 7.80. The van der Waals surface area contributed by atoms with Crippen molar-refractivity contribution in [1.29, 1.82) is 0 Å². The van der Waals surface area contributed by atoms with Gasteiger partial charge in [0.1, 0.15) is 5.82 Å². The number of carbonyl (C=O) groups excluding carboxylic acids is 1. The van der Waals surface area contributed by atoms with Gasteiger partial charge in [-0.15, -0.1) is 0 Å². The number of benzene rings is 1. The Morgan fingerprint density at radius 2 is 2.07 bits per heavy atom. The Balaban J connectivity index is 2.52. The standard InChI is InChI=1S/C10H11FN2OS/c11-7-3-1-2-4-8(7)13-10(14)6-5-9(12)15/h1-4H,5-6H2,(H2,12,15)(H,13,14). The maximum Gasteiger partial charge on any atom is 0.224 e. The zero-order valence-corrected chi connectivity index (χ0v) is 8.81. The van der Waals surface area contributed by atoms with E-state index in [1.54, 1.807) is 12.1 Å². The largest absolute Gasteiger partial charge is 0.393 e. The minimum absolute atomic E-state index is 0.170. The average molecular weight is 226 g/mol. The van der Waals surface area contributed by atoms with E-state index < -0.39 is 5.82 Å². The number of para-hydroxylation sites is 1. The van der Waals surface area contributed by atoms with Crippen molar-refractivity contribution in [3.63, 3.8) is 0 Å². The third kappa shape index (κ3) is 4.03. The second-order valence-corrected chi connectivity index (χ2v) is 3.52. The predicted molar refractivity (Wildman–Crippen MR) is 61.0 cm³/mol. The number of hydrogen-bond donors (Lipinski definition) is 2. The molecule has 0 aliphatic rings. The van der Waals surface area contributed by atoms with E-state index in [9.17, 15) is 9.18 Å². The van der Waals surface area contributed by atoms with Crippen LogP contribution in [0.3, 0.4) is 0 Å². The van der Waals surface area contributed by atoms with Crippen molar-refractivity contribution in [3.05, 3.63) is 30.1 Å². The van der Waals surface area contributed by atoms with Crippen LogP contribution in [-0.2, 0) is 4.79 Å². The number of thiocarbonyl (C=S) groups is 1. The molecular formula is C10H11FN2OS. The number of anilines is 1. The van der Waals surface area contributed by atoms with E-state index in [4.69, 9.17) is 5.73 Å². The topological polar surface area (TPSA) is 55.1 Å². The molecule has 0 spiro atoms. The van der Waals surface area contributed by atoms with Crippen LogP contribution >= 0.6 is 12.2 Å². The molecule has 0 aliphatic carbocycles. The fourth-order valence-electron chi connectivity index (χ4n) is 1.01. The Kier molecular flexibility index (Phi) is 4.17. The van der Waals surface area contributed by atoms with Crippen LogP contribution in [0.2, 0.25) is 0 Å². The lowest BCUT2D eigenvalue weighted by atomic mass is 10.2. The van der Waals surface area contributed by atoms with Crippen molar-refractivity contribution in [2.45, 2.75) is 12.8 Å². The SMILES string of the molecule is NC(=S)CCC(=O)Nc1ccccc1F. The molecular weight excluding hydrogens is 215 g/mol. The first-order valence-corrected chi connectivity index (χ1v) is 4.83. The summed E-state index contributed by atoms with van der Waals surface area (Å²) in [6.45, 7) is 0. The summed E-state index contributed by atoms with van der Waals surface area (Å²) in [6, 6.07) is 5.98. The van der Waals surface area contributed by atoms with Gasteiger partial charge in [0, 0.05) is 12.8 Å². The maximum atomic E-state index is 13.1. The molecule has 1 aromatic rings. The predicted octanol–water partition coefficient (Wildman–Crippen LogP) is 1.83. The molecule has 0 unspecified atom stereocenters. The quantitative estimate of drug-likeness (QED) is 0.770. The van der Waals surface area contributed by atoms with Crippen molar-refractivity contribution in [1.82, 2.24) is 0 Å². The normalized spacial score (nSPS) is 9.67. The minimum atomic E-state index is -0.457. The molecule has 0 aromatic heterocycles. The molecule has 0 saturated heterocycles. The van der Waals surface area contributed by atoms with Crippen molar-refractivity contribution < 1.29 is 9.18 Å². The summed E-state index contributed by atoms with van der Waals surface area (Å²) in [4.78, 5) is 11.6. The van der Waals surface area contributed by atoms with Gasteiger partial charge in [0.15, 0.2) is 0 Å². The van der Waals surface area contributed by atoms with Gasteiger partial charge >= 0.3 is 0 Å². The van der Waals surface area contributed by atoms with E-state index >= 15 is 0 Å². The Morgan fingerprint density at radius 3 is 2.67 bits per heavy atom. The molecule has 3 nitrogen and oxygen atoms in total. The molecule has 0 bridgehead atoms. The number of hydrogen-bond acceptors (Lipinski definition) is 2. The summed E-state index contributed by atoms with van der Waals surface area (Å²) in [5.74, 6) is -0.755. The van der Waals surface area contributed by atoms with Gasteiger partial charge in [-0.3, -0.25) is 4.79 Å². The fourth-order valence-corrected chi connectivity index (χ4v) is 1.11. The van der Waals surface area contributed by atoms with E-state index in [2.05, 4.69) is 17.5 Å². The van der Waals surface area contributed by atoms with Crippen LogP contribution in [0.1, 0.15) is 12.8 Å². The molecule has 1 aromatic carbocycles. The molecule has 1 rings (SSSR count). The summed E-state index contributed by atoms with van der Waals surface area (Å²) >= 11 is 4.63. The molecule has 80 valence electrons. The molecule has 1 amide bonds.